The van der Waals surface area contributed by atoms with E-state index in [1.54, 1.807) is 30.4 Å². The molecule has 7 rings (SSSR count). The number of fused-ring (bicyclic) bond motifs is 1. The summed E-state index contributed by atoms with van der Waals surface area (Å²) in [6, 6.07) is -1.47. The number of hydrogen-bond acceptors (Lipinski definition) is 10. The summed E-state index contributed by atoms with van der Waals surface area (Å²) in [7, 11) is 0.0200. The molecule has 0 aromatic rings. The molecule has 0 aromatic carbocycles. The van der Waals surface area contributed by atoms with Crippen LogP contribution in [0, 0.1) is 23.2 Å². The topological polar surface area (TPSA) is 162 Å². The number of aliphatic imine (C=N–C) groups is 2. The first-order valence-electron chi connectivity index (χ1n) is 23.3. The number of allylic oxidation sites excluding steroid dienone is 5. The maximum absolute atomic E-state index is 15.2. The number of nitrogens with one attached hydrogen (secondary N) is 2. The van der Waals surface area contributed by atoms with Crippen molar-refractivity contribution in [2.45, 2.75) is 133 Å². The van der Waals surface area contributed by atoms with Gasteiger partial charge >= 0.3 is 0 Å². The molecule has 8 atom stereocenters. The number of halogens is 2. The number of alkyl halides is 2. The fourth-order valence-corrected chi connectivity index (χ4v) is 11.2. The highest BCUT2D eigenvalue weighted by molar-refractivity contribution is 7.84. The minimum Gasteiger partial charge on any atom is -0.497 e. The molecular weight excluding hydrogens is 869 g/mol. The molecule has 5 fully saturated rings. The van der Waals surface area contributed by atoms with Crippen LogP contribution in [0.3, 0.4) is 0 Å². The van der Waals surface area contributed by atoms with E-state index in [0.29, 0.717) is 56.1 Å². The van der Waals surface area contributed by atoms with Crippen LogP contribution in [0.1, 0.15) is 92.4 Å². The monoisotopic (exact) mass is 935 g/mol. The summed E-state index contributed by atoms with van der Waals surface area (Å²) < 4.78 is 56.6. The van der Waals surface area contributed by atoms with Gasteiger partial charge in [0.1, 0.15) is 40.2 Å². The number of carbonyl (C=O) groups is 4. The molecule has 4 aliphatic heterocycles. The van der Waals surface area contributed by atoms with Gasteiger partial charge in [-0.25, -0.2) is 13.0 Å². The zero-order valence-corrected chi connectivity index (χ0v) is 40.0. The standard InChI is InChI=1S/C49H67F2N7O7S/c1-9-32-27-49(32,46(62)55-66(63)35-13-14-35)54-44(60)39-24-34(65-41-26-38(30(2)12-10-20-52-7)53-43-31(3)40(64-8)16-15-36(41)43)28-58(39)45(61)37(47(4,5)6)25-42(59)56-22-17-33(18-23-56)57-21-11-19-48(50,51)29-57/h9-10,12,15-16,20,26,32-37,39,43H,1,7,11,13-14,17-19,21-25,27-29H2,2-6,8H3,(H,54,60)(H,55,62)/b20-10-,30-12+/t32-,34-,36?,37-,39+,43?,49-,66?/m1/s1. The second-order valence-corrected chi connectivity index (χ2v) is 21.6. The van der Waals surface area contributed by atoms with Crippen molar-refractivity contribution in [2.75, 3.05) is 39.8 Å². The van der Waals surface area contributed by atoms with Gasteiger partial charge in [-0.3, -0.25) is 38.8 Å². The number of amides is 4. The number of carbonyl (C=O) groups excluding carboxylic acids is 4. The molecule has 17 heteroatoms. The zero-order valence-electron chi connectivity index (χ0n) is 39.2. The van der Waals surface area contributed by atoms with Gasteiger partial charge in [0.25, 0.3) is 11.8 Å². The Kier molecular flexibility index (Phi) is 14.8. The molecule has 14 nitrogen and oxygen atoms in total. The van der Waals surface area contributed by atoms with Crippen LogP contribution >= 0.6 is 0 Å². The minimum absolute atomic E-state index is 0.0188. The van der Waals surface area contributed by atoms with Crippen molar-refractivity contribution in [1.82, 2.24) is 24.7 Å². The molecule has 360 valence electrons. The third kappa shape index (κ3) is 10.8. The van der Waals surface area contributed by atoms with Crippen molar-refractivity contribution in [2.24, 2.45) is 33.2 Å². The molecule has 4 heterocycles. The highest BCUT2D eigenvalue weighted by Crippen LogP contribution is 2.46. The van der Waals surface area contributed by atoms with Gasteiger partial charge in [-0.1, -0.05) is 39.0 Å². The Balaban J connectivity index is 1.14. The molecule has 0 spiro atoms. The van der Waals surface area contributed by atoms with E-state index in [2.05, 4.69) is 28.3 Å². The third-order valence-corrected chi connectivity index (χ3v) is 15.8. The normalized spacial score (nSPS) is 30.2. The Bertz CT molecular complexity index is 2170. The number of methoxy groups -OCH3 is 1. The lowest BCUT2D eigenvalue weighted by molar-refractivity contribution is -0.149. The van der Waals surface area contributed by atoms with E-state index in [4.69, 9.17) is 14.5 Å². The molecule has 3 saturated heterocycles. The van der Waals surface area contributed by atoms with Crippen LogP contribution in [0.15, 0.2) is 81.9 Å². The lowest BCUT2D eigenvalue weighted by Gasteiger charge is -2.42. The maximum atomic E-state index is 15.2. The van der Waals surface area contributed by atoms with Crippen molar-refractivity contribution >= 4 is 47.0 Å². The number of ether oxygens (including phenoxy) is 2. The number of nitrogens with zero attached hydrogens (tertiary/aromatic N) is 5. The second-order valence-electron chi connectivity index (χ2n) is 20.1. The number of likely N-dealkylation sites (tertiary alicyclic amines) is 3. The van der Waals surface area contributed by atoms with Gasteiger partial charge < -0.3 is 24.6 Å². The molecule has 3 aliphatic carbocycles. The van der Waals surface area contributed by atoms with Crippen LogP contribution in [0.25, 0.3) is 0 Å². The Morgan fingerprint density at radius 1 is 1.14 bits per heavy atom. The summed E-state index contributed by atoms with van der Waals surface area (Å²) in [5, 5.41) is 2.86. The van der Waals surface area contributed by atoms with Crippen molar-refractivity contribution in [3.63, 3.8) is 0 Å². The molecule has 7 aliphatic rings. The lowest BCUT2D eigenvalue weighted by Crippen LogP contribution is -2.57. The summed E-state index contributed by atoms with van der Waals surface area (Å²) in [5.41, 5.74) is 0.332. The Labute approximate surface area is 390 Å². The van der Waals surface area contributed by atoms with Crippen molar-refractivity contribution in [3.8, 4) is 0 Å². The first-order valence-corrected chi connectivity index (χ1v) is 24.6. The smallest absolute Gasteiger partial charge is 0.260 e. The van der Waals surface area contributed by atoms with E-state index in [9.17, 15) is 27.4 Å². The van der Waals surface area contributed by atoms with Gasteiger partial charge in [-0.15, -0.1) is 6.58 Å². The summed E-state index contributed by atoms with van der Waals surface area (Å²) >= 11 is 0. The van der Waals surface area contributed by atoms with Crippen LogP contribution < -0.4 is 10.0 Å². The summed E-state index contributed by atoms with van der Waals surface area (Å²) in [6.07, 6.45) is 15.1. The van der Waals surface area contributed by atoms with Crippen LogP contribution in [-0.4, -0.2) is 136 Å². The Morgan fingerprint density at radius 3 is 2.48 bits per heavy atom. The number of hydrogen-bond donors (Lipinski definition) is 2. The molecule has 2 N–H and O–H groups in total. The van der Waals surface area contributed by atoms with E-state index in [1.807, 2.05) is 63.8 Å². The van der Waals surface area contributed by atoms with Gasteiger partial charge in [0, 0.05) is 56.6 Å². The van der Waals surface area contributed by atoms with Crippen molar-refractivity contribution < 1.29 is 41.6 Å². The SMILES string of the molecule is C=C[C@@H]1C[C@]1(NC(=O)[C@@H]1C[C@@H](OC2=CC(/C(C)=C/C=C\N=C)=NC3C(C)=C(OC)C=CC23)CN1C(=O)[C@@H](CC(=O)N1CCC(N2CCCC(F)(F)C2)CC1)C(C)(C)C)C(=O)NS(=O)C1CC1. The highest BCUT2D eigenvalue weighted by atomic mass is 32.2. The average molecular weight is 936 g/mol. The molecule has 0 radical (unpaired) electrons. The van der Waals surface area contributed by atoms with Gasteiger partial charge in [0.15, 0.2) is 0 Å². The maximum Gasteiger partial charge on any atom is 0.260 e. The largest absolute Gasteiger partial charge is 0.497 e. The van der Waals surface area contributed by atoms with Gasteiger partial charge in [0.2, 0.25) is 17.7 Å². The first kappa shape index (κ1) is 49.1. The van der Waals surface area contributed by atoms with E-state index in [-0.39, 0.29) is 67.9 Å². The summed E-state index contributed by atoms with van der Waals surface area (Å²) in [4.78, 5) is 71.8. The van der Waals surface area contributed by atoms with Gasteiger partial charge in [-0.2, -0.15) is 0 Å². The van der Waals surface area contributed by atoms with Gasteiger partial charge in [-0.05, 0) is 94.3 Å². The number of rotatable bonds is 16. The van der Waals surface area contributed by atoms with Crippen LogP contribution in [-0.2, 0) is 39.6 Å². The molecule has 3 unspecified atom stereocenters. The van der Waals surface area contributed by atoms with Crippen molar-refractivity contribution in [1.29, 1.82) is 0 Å². The molecular formula is C49H67F2N7O7S. The molecule has 0 bridgehead atoms. The molecule has 66 heavy (non-hydrogen) atoms. The van der Waals surface area contributed by atoms with Crippen LogP contribution in [0.2, 0.25) is 0 Å². The minimum atomic E-state index is -2.71. The quantitative estimate of drug-likeness (QED) is 0.113. The van der Waals surface area contributed by atoms with Crippen LogP contribution in [0.5, 0.6) is 0 Å². The van der Waals surface area contributed by atoms with E-state index in [0.717, 1.165) is 24.0 Å². The van der Waals surface area contributed by atoms with E-state index in [1.165, 1.54) is 4.90 Å². The lowest BCUT2D eigenvalue weighted by atomic mass is 9.77. The fraction of sp³-hybridized carbons (Fsp3) is 0.633. The van der Waals surface area contributed by atoms with E-state index >= 15 is 4.79 Å². The van der Waals surface area contributed by atoms with Gasteiger partial charge in [0.05, 0.1) is 49.0 Å². The Morgan fingerprint density at radius 2 is 1.86 bits per heavy atom. The van der Waals surface area contributed by atoms with Crippen LogP contribution in [0.4, 0.5) is 8.78 Å². The van der Waals surface area contributed by atoms with Crippen molar-refractivity contribution in [3.05, 3.63) is 71.9 Å². The number of piperidine rings is 2. The highest BCUT2D eigenvalue weighted by Gasteiger charge is 2.61. The molecule has 0 aromatic heterocycles. The molecule has 4 amide bonds. The third-order valence-electron chi connectivity index (χ3n) is 14.4. The predicted molar refractivity (Wildman–Crippen MR) is 250 cm³/mol. The average Bonchev–Trinajstić information content (AvgIpc) is 4.21. The Hall–Kier alpha value is -4.77. The second kappa shape index (κ2) is 19.8. The van der Waals surface area contributed by atoms with E-state index < -0.39 is 69.6 Å². The first-order chi connectivity index (χ1) is 31.3. The number of dihydropyridines is 1. The fourth-order valence-electron chi connectivity index (χ4n) is 10.1. The predicted octanol–water partition coefficient (Wildman–Crippen LogP) is 5.72. The zero-order chi connectivity index (χ0) is 47.7. The summed E-state index contributed by atoms with van der Waals surface area (Å²) in [5.74, 6) is -4.69. The summed E-state index contributed by atoms with van der Waals surface area (Å²) in [6.45, 7) is 18.1. The molecule has 2 saturated carbocycles.